The second-order valence-electron chi connectivity index (χ2n) is 5.27. The van der Waals surface area contributed by atoms with Crippen LogP contribution in [0.15, 0.2) is 0 Å². The Kier molecular flexibility index (Phi) is 3.31. The maximum absolute atomic E-state index is 11.7. The number of methoxy groups -OCH3 is 1. The fraction of sp³-hybridized carbons (Fsp3) is 0.615. The minimum absolute atomic E-state index is 0.171. The molecule has 20 heavy (non-hydrogen) atoms. The molecule has 108 valence electrons. The van der Waals surface area contributed by atoms with Crippen LogP contribution < -0.4 is 5.73 Å². The molecule has 1 unspecified atom stereocenters. The summed E-state index contributed by atoms with van der Waals surface area (Å²) in [7, 11) is 1.33. The lowest BCUT2D eigenvalue weighted by atomic mass is 10.1. The fourth-order valence-electron chi connectivity index (χ4n) is 2.98. The van der Waals surface area contributed by atoms with Crippen LogP contribution in [0.25, 0.3) is 0 Å². The second-order valence-corrected chi connectivity index (χ2v) is 5.27. The zero-order chi connectivity index (χ0) is 14.3. The third kappa shape index (κ3) is 2.12. The van der Waals surface area contributed by atoms with Crippen LogP contribution in [0.1, 0.15) is 27.9 Å². The molecule has 1 atom stereocenters. The van der Waals surface area contributed by atoms with Gasteiger partial charge in [-0.1, -0.05) is 0 Å². The van der Waals surface area contributed by atoms with Gasteiger partial charge >= 0.3 is 5.97 Å². The van der Waals surface area contributed by atoms with Crippen molar-refractivity contribution in [2.75, 3.05) is 45.6 Å². The molecule has 4 heterocycles. The molecule has 2 N–H and O–H groups in total. The van der Waals surface area contributed by atoms with E-state index < -0.39 is 5.97 Å². The molecule has 2 bridgehead atoms. The first kappa shape index (κ1) is 13.3. The molecule has 0 aliphatic carbocycles. The third-order valence-corrected chi connectivity index (χ3v) is 4.10. The molecule has 3 saturated heterocycles. The summed E-state index contributed by atoms with van der Waals surface area (Å²) in [5.74, 6) is 0.426. The van der Waals surface area contributed by atoms with Crippen LogP contribution in [0.5, 0.6) is 0 Å². The van der Waals surface area contributed by atoms with E-state index in [1.54, 1.807) is 6.92 Å². The van der Waals surface area contributed by atoms with Crippen LogP contribution >= 0.6 is 0 Å². The van der Waals surface area contributed by atoms with E-state index in [2.05, 4.69) is 19.8 Å². The minimum atomic E-state index is -0.485. The number of ether oxygens (including phenoxy) is 1. The highest BCUT2D eigenvalue weighted by Gasteiger charge is 2.35. The van der Waals surface area contributed by atoms with Crippen molar-refractivity contribution in [3.05, 3.63) is 17.1 Å². The van der Waals surface area contributed by atoms with Crippen molar-refractivity contribution in [3.8, 4) is 0 Å². The van der Waals surface area contributed by atoms with Crippen molar-refractivity contribution in [2.24, 2.45) is 0 Å². The van der Waals surface area contributed by atoms with Gasteiger partial charge in [-0.05, 0) is 6.92 Å². The van der Waals surface area contributed by atoms with Crippen LogP contribution in [0.4, 0.5) is 5.82 Å². The summed E-state index contributed by atoms with van der Waals surface area (Å²) in [4.78, 5) is 25.3. The number of fused-ring (bicyclic) bond motifs is 3. The molecule has 1 aromatic rings. The van der Waals surface area contributed by atoms with Gasteiger partial charge in [-0.15, -0.1) is 0 Å². The standard InChI is InChI=1S/C13H19N5O2/c1-8-10(13(19)20-2)11(14)16-12(15-8)9-7-17-3-5-18(9)6-4-17/h9H,3-7H2,1-2H3,(H2,14,15,16). The Hall–Kier alpha value is -1.73. The van der Waals surface area contributed by atoms with E-state index in [1.165, 1.54) is 7.11 Å². The summed E-state index contributed by atoms with van der Waals surface area (Å²) in [5, 5.41) is 0. The summed E-state index contributed by atoms with van der Waals surface area (Å²) >= 11 is 0. The number of esters is 1. The molecular formula is C13H19N5O2. The Morgan fingerprint density at radius 3 is 2.50 bits per heavy atom. The van der Waals surface area contributed by atoms with Crippen LogP contribution in [-0.2, 0) is 4.74 Å². The quantitative estimate of drug-likeness (QED) is 0.751. The number of aryl methyl sites for hydroxylation is 1. The van der Waals surface area contributed by atoms with Gasteiger partial charge < -0.3 is 10.5 Å². The average Bonchev–Trinajstić information content (AvgIpc) is 2.47. The van der Waals surface area contributed by atoms with Crippen molar-refractivity contribution in [1.29, 1.82) is 0 Å². The van der Waals surface area contributed by atoms with E-state index in [0.29, 0.717) is 11.5 Å². The molecule has 0 radical (unpaired) electrons. The topological polar surface area (TPSA) is 84.6 Å². The highest BCUT2D eigenvalue weighted by atomic mass is 16.5. The number of aromatic nitrogens is 2. The van der Waals surface area contributed by atoms with Gasteiger partial charge in [0.25, 0.3) is 0 Å². The average molecular weight is 277 g/mol. The third-order valence-electron chi connectivity index (χ3n) is 4.10. The summed E-state index contributed by atoms with van der Waals surface area (Å²) in [6.45, 7) is 6.97. The number of anilines is 1. The number of carbonyl (C=O) groups is 1. The molecule has 4 rings (SSSR count). The predicted octanol–water partition coefficient (Wildman–Crippen LogP) is -0.174. The maximum atomic E-state index is 11.7. The zero-order valence-electron chi connectivity index (χ0n) is 11.8. The van der Waals surface area contributed by atoms with Gasteiger partial charge in [0, 0.05) is 32.7 Å². The molecular weight excluding hydrogens is 258 g/mol. The van der Waals surface area contributed by atoms with Gasteiger partial charge in [-0.25, -0.2) is 14.8 Å². The van der Waals surface area contributed by atoms with E-state index in [4.69, 9.17) is 10.5 Å². The van der Waals surface area contributed by atoms with Gasteiger partial charge in [-0.3, -0.25) is 9.80 Å². The Balaban J connectivity index is 1.94. The van der Waals surface area contributed by atoms with Crippen molar-refractivity contribution >= 4 is 11.8 Å². The SMILES string of the molecule is COC(=O)c1c(C)nc(C2CN3CCN2CC3)nc1N. The van der Waals surface area contributed by atoms with Crippen molar-refractivity contribution in [2.45, 2.75) is 13.0 Å². The van der Waals surface area contributed by atoms with E-state index in [1.807, 2.05) is 0 Å². The summed E-state index contributed by atoms with van der Waals surface area (Å²) < 4.78 is 4.72. The Morgan fingerprint density at radius 2 is 2.00 bits per heavy atom. The number of nitrogens with two attached hydrogens (primary N) is 1. The molecule has 1 aromatic heterocycles. The van der Waals surface area contributed by atoms with Crippen LogP contribution in [0, 0.1) is 6.92 Å². The van der Waals surface area contributed by atoms with E-state index in [-0.39, 0.29) is 17.4 Å². The zero-order valence-corrected chi connectivity index (χ0v) is 11.8. The van der Waals surface area contributed by atoms with Gasteiger partial charge in [0.05, 0.1) is 18.8 Å². The largest absolute Gasteiger partial charge is 0.465 e. The normalized spacial score (nSPS) is 28.4. The summed E-state index contributed by atoms with van der Waals surface area (Å²) in [6.07, 6.45) is 0. The lowest BCUT2D eigenvalue weighted by Gasteiger charge is -2.46. The molecule has 7 heteroatoms. The lowest BCUT2D eigenvalue weighted by molar-refractivity contribution is 0.00861. The van der Waals surface area contributed by atoms with Gasteiger partial charge in [0.2, 0.25) is 0 Å². The van der Waals surface area contributed by atoms with E-state index in [0.717, 1.165) is 32.7 Å². The molecule has 3 aliphatic heterocycles. The molecule has 0 amide bonds. The highest BCUT2D eigenvalue weighted by Crippen LogP contribution is 2.28. The number of hydrogen-bond acceptors (Lipinski definition) is 7. The van der Waals surface area contributed by atoms with E-state index in [9.17, 15) is 4.79 Å². The first-order chi connectivity index (χ1) is 9.60. The lowest BCUT2D eigenvalue weighted by Crippen LogP contribution is -2.57. The number of piperazine rings is 3. The Labute approximate surface area is 117 Å². The number of hydrogen-bond donors (Lipinski definition) is 1. The molecule has 7 nitrogen and oxygen atoms in total. The predicted molar refractivity (Wildman–Crippen MR) is 73.3 cm³/mol. The van der Waals surface area contributed by atoms with Crippen molar-refractivity contribution in [3.63, 3.8) is 0 Å². The summed E-state index contributed by atoms with van der Waals surface area (Å²) in [6, 6.07) is 0.171. The Bertz CT molecular complexity index is 517. The molecule has 0 aromatic carbocycles. The smallest absolute Gasteiger partial charge is 0.343 e. The van der Waals surface area contributed by atoms with E-state index >= 15 is 0 Å². The molecule has 3 aliphatic rings. The number of rotatable bonds is 2. The number of nitrogens with zero attached hydrogens (tertiary/aromatic N) is 4. The monoisotopic (exact) mass is 277 g/mol. The maximum Gasteiger partial charge on any atom is 0.343 e. The van der Waals surface area contributed by atoms with Gasteiger partial charge in [0.15, 0.2) is 0 Å². The van der Waals surface area contributed by atoms with Crippen molar-refractivity contribution < 1.29 is 9.53 Å². The second kappa shape index (κ2) is 4.99. The summed E-state index contributed by atoms with van der Waals surface area (Å²) in [5.41, 5.74) is 6.77. The van der Waals surface area contributed by atoms with Crippen LogP contribution in [0.2, 0.25) is 0 Å². The fourth-order valence-corrected chi connectivity index (χ4v) is 2.98. The van der Waals surface area contributed by atoms with Crippen LogP contribution in [-0.4, -0.2) is 65.6 Å². The number of carbonyl (C=O) groups excluding carboxylic acids is 1. The van der Waals surface area contributed by atoms with Crippen LogP contribution in [0.3, 0.4) is 0 Å². The minimum Gasteiger partial charge on any atom is -0.465 e. The Morgan fingerprint density at radius 1 is 1.30 bits per heavy atom. The molecule has 0 saturated carbocycles. The molecule has 0 spiro atoms. The first-order valence-electron chi connectivity index (χ1n) is 6.79. The molecule has 3 fully saturated rings. The highest BCUT2D eigenvalue weighted by molar-refractivity contribution is 5.95. The van der Waals surface area contributed by atoms with Gasteiger partial charge in [-0.2, -0.15) is 0 Å². The van der Waals surface area contributed by atoms with Crippen molar-refractivity contribution in [1.82, 2.24) is 19.8 Å². The van der Waals surface area contributed by atoms with Gasteiger partial charge in [0.1, 0.15) is 17.2 Å². The first-order valence-corrected chi connectivity index (χ1v) is 6.79. The number of nitrogen functional groups attached to an aromatic ring is 1.